The lowest BCUT2D eigenvalue weighted by Gasteiger charge is -2.05. The first-order valence-corrected chi connectivity index (χ1v) is 8.69. The number of anilines is 1. The summed E-state index contributed by atoms with van der Waals surface area (Å²) in [7, 11) is 1.58. The molecule has 4 rings (SSSR count). The Morgan fingerprint density at radius 1 is 1.26 bits per heavy atom. The van der Waals surface area contributed by atoms with E-state index in [9.17, 15) is 9.59 Å². The topological polar surface area (TPSA) is 91.0 Å². The van der Waals surface area contributed by atoms with Crippen LogP contribution in [0, 0.1) is 0 Å². The molecule has 1 saturated carbocycles. The SMILES string of the molecule is COc1ccc(NC(=O)Cn2nc(-c3cccnc3)n(C3CC3)c2=O)cc1. The lowest BCUT2D eigenvalue weighted by atomic mass is 10.3. The number of pyridine rings is 1. The molecule has 0 bridgehead atoms. The van der Waals surface area contributed by atoms with E-state index in [-0.39, 0.29) is 24.2 Å². The monoisotopic (exact) mass is 365 g/mol. The number of ether oxygens (including phenoxy) is 1. The van der Waals surface area contributed by atoms with Gasteiger partial charge in [0, 0.05) is 29.7 Å². The maximum atomic E-state index is 12.8. The van der Waals surface area contributed by atoms with Crippen molar-refractivity contribution in [1.29, 1.82) is 0 Å². The van der Waals surface area contributed by atoms with E-state index >= 15 is 0 Å². The molecule has 8 heteroatoms. The Morgan fingerprint density at radius 2 is 2.04 bits per heavy atom. The molecule has 8 nitrogen and oxygen atoms in total. The van der Waals surface area contributed by atoms with Crippen LogP contribution in [0.5, 0.6) is 5.75 Å². The standard InChI is InChI=1S/C19H19N5O3/c1-27-16-8-4-14(5-9-16)21-17(25)12-23-19(26)24(15-6-7-15)18(22-23)13-3-2-10-20-11-13/h2-5,8-11,15H,6-7,12H2,1H3,(H,21,25). The molecule has 0 aliphatic heterocycles. The van der Waals surface area contributed by atoms with Crippen molar-refractivity contribution in [2.75, 3.05) is 12.4 Å². The van der Waals surface area contributed by atoms with Gasteiger partial charge >= 0.3 is 5.69 Å². The number of hydrogen-bond donors (Lipinski definition) is 1. The molecule has 1 amide bonds. The number of methoxy groups -OCH3 is 1. The molecule has 0 radical (unpaired) electrons. The fourth-order valence-electron chi connectivity index (χ4n) is 2.89. The van der Waals surface area contributed by atoms with E-state index in [1.54, 1.807) is 54.4 Å². The number of hydrogen-bond acceptors (Lipinski definition) is 5. The van der Waals surface area contributed by atoms with Gasteiger partial charge in [0.1, 0.15) is 12.3 Å². The number of nitrogens with zero attached hydrogens (tertiary/aromatic N) is 4. The largest absolute Gasteiger partial charge is 0.497 e. The van der Waals surface area contributed by atoms with Crippen molar-refractivity contribution in [2.45, 2.75) is 25.4 Å². The molecule has 0 saturated heterocycles. The highest BCUT2D eigenvalue weighted by Gasteiger charge is 2.30. The lowest BCUT2D eigenvalue weighted by Crippen LogP contribution is -2.30. The molecule has 1 N–H and O–H groups in total. The maximum Gasteiger partial charge on any atom is 0.346 e. The Balaban J connectivity index is 1.56. The van der Waals surface area contributed by atoms with Crippen LogP contribution in [-0.4, -0.2) is 32.3 Å². The Morgan fingerprint density at radius 3 is 2.67 bits per heavy atom. The van der Waals surface area contributed by atoms with Gasteiger partial charge in [-0.2, -0.15) is 0 Å². The average Bonchev–Trinajstić information content (AvgIpc) is 3.48. The van der Waals surface area contributed by atoms with Crippen LogP contribution in [0.3, 0.4) is 0 Å². The first kappa shape index (κ1) is 17.0. The number of carbonyl (C=O) groups excluding carboxylic acids is 1. The van der Waals surface area contributed by atoms with Gasteiger partial charge in [-0.25, -0.2) is 9.48 Å². The van der Waals surface area contributed by atoms with Crippen LogP contribution >= 0.6 is 0 Å². The van der Waals surface area contributed by atoms with E-state index in [1.807, 2.05) is 6.07 Å². The van der Waals surface area contributed by atoms with Crippen LogP contribution in [-0.2, 0) is 11.3 Å². The summed E-state index contributed by atoms with van der Waals surface area (Å²) in [4.78, 5) is 29.2. The van der Waals surface area contributed by atoms with E-state index in [0.29, 0.717) is 17.3 Å². The molecule has 2 heterocycles. The van der Waals surface area contributed by atoms with Gasteiger partial charge in [0.05, 0.1) is 7.11 Å². The smallest absolute Gasteiger partial charge is 0.346 e. The molecule has 1 aliphatic rings. The summed E-state index contributed by atoms with van der Waals surface area (Å²) in [5, 5.41) is 7.16. The first-order valence-electron chi connectivity index (χ1n) is 8.69. The summed E-state index contributed by atoms with van der Waals surface area (Å²) >= 11 is 0. The van der Waals surface area contributed by atoms with Crippen molar-refractivity contribution in [3.8, 4) is 17.1 Å². The number of carbonyl (C=O) groups is 1. The van der Waals surface area contributed by atoms with Crippen LogP contribution in [0.1, 0.15) is 18.9 Å². The second-order valence-electron chi connectivity index (χ2n) is 6.38. The van der Waals surface area contributed by atoms with Crippen molar-refractivity contribution in [3.63, 3.8) is 0 Å². The minimum absolute atomic E-state index is 0.145. The zero-order valence-electron chi connectivity index (χ0n) is 14.8. The highest BCUT2D eigenvalue weighted by Crippen LogP contribution is 2.36. The van der Waals surface area contributed by atoms with E-state index in [1.165, 1.54) is 4.68 Å². The Kier molecular flexibility index (Phi) is 4.45. The fourth-order valence-corrected chi connectivity index (χ4v) is 2.89. The van der Waals surface area contributed by atoms with Gasteiger partial charge in [0.15, 0.2) is 5.82 Å². The fraction of sp³-hybridized carbons (Fsp3) is 0.263. The van der Waals surface area contributed by atoms with Crippen molar-refractivity contribution >= 4 is 11.6 Å². The molecule has 1 aliphatic carbocycles. The van der Waals surface area contributed by atoms with Crippen molar-refractivity contribution in [1.82, 2.24) is 19.3 Å². The van der Waals surface area contributed by atoms with Crippen molar-refractivity contribution < 1.29 is 9.53 Å². The molecule has 138 valence electrons. The second kappa shape index (κ2) is 7.06. The summed E-state index contributed by atoms with van der Waals surface area (Å²) in [6.45, 7) is -0.155. The summed E-state index contributed by atoms with van der Waals surface area (Å²) in [6, 6.07) is 10.8. The summed E-state index contributed by atoms with van der Waals surface area (Å²) in [5.74, 6) is 0.932. The summed E-state index contributed by atoms with van der Waals surface area (Å²) in [6.07, 6.45) is 5.22. The second-order valence-corrected chi connectivity index (χ2v) is 6.38. The average molecular weight is 365 g/mol. The van der Waals surface area contributed by atoms with Gasteiger partial charge in [0.2, 0.25) is 5.91 Å². The van der Waals surface area contributed by atoms with E-state index in [2.05, 4.69) is 15.4 Å². The van der Waals surface area contributed by atoms with Gasteiger partial charge in [-0.1, -0.05) is 0 Å². The van der Waals surface area contributed by atoms with Crippen molar-refractivity contribution in [2.24, 2.45) is 0 Å². The van der Waals surface area contributed by atoms with Crippen LogP contribution in [0.2, 0.25) is 0 Å². The third kappa shape index (κ3) is 3.59. The predicted molar refractivity (Wildman–Crippen MR) is 99.6 cm³/mol. The number of amides is 1. The van der Waals surface area contributed by atoms with Crippen LogP contribution < -0.4 is 15.7 Å². The Bertz CT molecular complexity index is 1000. The van der Waals surface area contributed by atoms with E-state index < -0.39 is 0 Å². The predicted octanol–water partition coefficient (Wildman–Crippen LogP) is 2.09. The Labute approximate surface area is 155 Å². The van der Waals surface area contributed by atoms with Gasteiger partial charge in [-0.15, -0.1) is 5.10 Å². The molecular weight excluding hydrogens is 346 g/mol. The molecule has 0 atom stereocenters. The summed E-state index contributed by atoms with van der Waals surface area (Å²) < 4.78 is 7.97. The lowest BCUT2D eigenvalue weighted by molar-refractivity contribution is -0.117. The number of nitrogens with one attached hydrogen (secondary N) is 1. The van der Waals surface area contributed by atoms with Gasteiger partial charge in [-0.3, -0.25) is 14.3 Å². The molecular formula is C19H19N5O3. The molecule has 1 fully saturated rings. The quantitative estimate of drug-likeness (QED) is 0.722. The molecule has 2 aromatic heterocycles. The zero-order valence-corrected chi connectivity index (χ0v) is 14.8. The third-order valence-electron chi connectivity index (χ3n) is 4.37. The Hall–Kier alpha value is -3.42. The molecule has 0 unspecified atom stereocenters. The minimum Gasteiger partial charge on any atom is -0.497 e. The van der Waals surface area contributed by atoms with Gasteiger partial charge in [-0.05, 0) is 49.2 Å². The first-order chi connectivity index (χ1) is 13.2. The number of benzene rings is 1. The van der Waals surface area contributed by atoms with Crippen molar-refractivity contribution in [3.05, 3.63) is 59.3 Å². The van der Waals surface area contributed by atoms with Gasteiger partial charge < -0.3 is 10.1 Å². The van der Waals surface area contributed by atoms with E-state index in [4.69, 9.17) is 4.74 Å². The van der Waals surface area contributed by atoms with E-state index in [0.717, 1.165) is 18.4 Å². The maximum absolute atomic E-state index is 12.8. The third-order valence-corrected chi connectivity index (χ3v) is 4.37. The minimum atomic E-state index is -0.319. The molecule has 0 spiro atoms. The normalized spacial score (nSPS) is 13.4. The molecule has 1 aromatic carbocycles. The zero-order chi connectivity index (χ0) is 18.8. The number of aromatic nitrogens is 4. The van der Waals surface area contributed by atoms with Crippen LogP contribution in [0.25, 0.3) is 11.4 Å². The highest BCUT2D eigenvalue weighted by molar-refractivity contribution is 5.90. The number of rotatable bonds is 6. The molecule has 3 aromatic rings. The summed E-state index contributed by atoms with van der Waals surface area (Å²) in [5.41, 5.74) is 1.11. The highest BCUT2D eigenvalue weighted by atomic mass is 16.5. The van der Waals surface area contributed by atoms with Gasteiger partial charge in [0.25, 0.3) is 0 Å². The van der Waals surface area contributed by atoms with Crippen LogP contribution in [0.4, 0.5) is 5.69 Å². The van der Waals surface area contributed by atoms with Crippen LogP contribution in [0.15, 0.2) is 53.6 Å². The molecule has 27 heavy (non-hydrogen) atoms.